The van der Waals surface area contributed by atoms with Crippen molar-refractivity contribution in [1.29, 1.82) is 0 Å². The van der Waals surface area contributed by atoms with Crippen molar-refractivity contribution in [2.45, 2.75) is 37.5 Å². The number of carbonyl (C=O) groups is 1. The maximum absolute atomic E-state index is 10.8. The number of carboxylic acid groups (broad SMARTS) is 1. The molecule has 4 N–H and O–H groups in total. The highest BCUT2D eigenvalue weighted by atomic mass is 32.2. The van der Waals surface area contributed by atoms with E-state index >= 15 is 0 Å². The van der Waals surface area contributed by atoms with Crippen LogP contribution < -0.4 is 5.73 Å². The molecule has 0 heterocycles. The lowest BCUT2D eigenvalue weighted by Gasteiger charge is -2.51. The molecule has 0 radical (unpaired) electrons. The number of aliphatic carboxylic acids is 1. The van der Waals surface area contributed by atoms with E-state index in [1.54, 1.807) is 18.2 Å². The predicted molar refractivity (Wildman–Crippen MR) is 94.6 cm³/mol. The van der Waals surface area contributed by atoms with Gasteiger partial charge in [0.2, 0.25) is 0 Å². The van der Waals surface area contributed by atoms with Crippen LogP contribution in [0.2, 0.25) is 0 Å². The van der Waals surface area contributed by atoms with Gasteiger partial charge >= 0.3 is 5.97 Å². The Labute approximate surface area is 148 Å². The highest BCUT2D eigenvalue weighted by Gasteiger charge is 2.54. The molecule has 0 aromatic heterocycles. The average Bonchev–Trinajstić information content (AvgIpc) is 2.91. The maximum Gasteiger partial charge on any atom is 0.303 e. The van der Waals surface area contributed by atoms with Gasteiger partial charge in [-0.1, -0.05) is 36.8 Å². The van der Waals surface area contributed by atoms with E-state index in [4.69, 9.17) is 15.4 Å². The highest BCUT2D eigenvalue weighted by molar-refractivity contribution is 7.85. The molecule has 0 saturated heterocycles. The van der Waals surface area contributed by atoms with Crippen LogP contribution in [0.15, 0.2) is 46.9 Å². The van der Waals surface area contributed by atoms with E-state index in [2.05, 4.69) is 13.0 Å². The van der Waals surface area contributed by atoms with Crippen LogP contribution in [0.25, 0.3) is 0 Å². The molecule has 1 aromatic carbocycles. The molecule has 25 heavy (non-hydrogen) atoms. The summed E-state index contributed by atoms with van der Waals surface area (Å²) >= 11 is 0. The van der Waals surface area contributed by atoms with Gasteiger partial charge in [0, 0.05) is 0 Å². The lowest BCUT2D eigenvalue weighted by molar-refractivity contribution is -0.144. The number of carboxylic acids is 1. The predicted octanol–water partition coefficient (Wildman–Crippen LogP) is 2.72. The summed E-state index contributed by atoms with van der Waals surface area (Å²) in [7, 11) is -4.00. The van der Waals surface area contributed by atoms with E-state index in [1.165, 1.54) is 24.1 Å². The van der Waals surface area contributed by atoms with Crippen molar-refractivity contribution in [3.8, 4) is 0 Å². The van der Waals surface area contributed by atoms with E-state index in [9.17, 15) is 13.2 Å². The van der Waals surface area contributed by atoms with Gasteiger partial charge in [-0.2, -0.15) is 8.42 Å². The van der Waals surface area contributed by atoms with Crippen LogP contribution in [0.5, 0.6) is 0 Å². The minimum Gasteiger partial charge on any atom is -0.481 e. The van der Waals surface area contributed by atoms with Crippen LogP contribution >= 0.6 is 0 Å². The van der Waals surface area contributed by atoms with E-state index in [-0.39, 0.29) is 16.7 Å². The van der Waals surface area contributed by atoms with Crippen molar-refractivity contribution in [1.82, 2.24) is 0 Å². The molecule has 0 bridgehead atoms. The standard InChI is InChI=1S/C12H19NO2.C6H6O3S/c1-2-8-3-9-5-12(7-13,6-11(14)15)10(9)4-8;7-10(8,9)6-4-2-1-3-5-6/h4,9-10H,2-3,5-7,13H2,1H3,(H,14,15);1-5H,(H,7,8,9)/t9-,10+,12+;/m0./s1. The van der Waals surface area contributed by atoms with Gasteiger partial charge in [-0.3, -0.25) is 9.35 Å². The van der Waals surface area contributed by atoms with Crippen LogP contribution in [0.3, 0.4) is 0 Å². The number of nitrogens with two attached hydrogens (primary N) is 1. The molecule has 0 aliphatic heterocycles. The molecule has 138 valence electrons. The van der Waals surface area contributed by atoms with Gasteiger partial charge in [0.1, 0.15) is 0 Å². The molecule has 0 unspecified atom stereocenters. The average molecular weight is 367 g/mol. The Hall–Kier alpha value is -1.70. The zero-order valence-electron chi connectivity index (χ0n) is 14.3. The van der Waals surface area contributed by atoms with Crippen molar-refractivity contribution in [2.75, 3.05) is 6.54 Å². The summed E-state index contributed by atoms with van der Waals surface area (Å²) < 4.78 is 29.2. The first-order valence-electron chi connectivity index (χ1n) is 8.36. The second-order valence-corrected chi connectivity index (χ2v) is 8.22. The lowest BCUT2D eigenvalue weighted by Crippen LogP contribution is -2.51. The van der Waals surface area contributed by atoms with Crippen LogP contribution in [0, 0.1) is 17.3 Å². The topological polar surface area (TPSA) is 118 Å². The fraction of sp³-hybridized carbons (Fsp3) is 0.500. The molecule has 1 fully saturated rings. The van der Waals surface area contributed by atoms with Crippen LogP contribution in [0.1, 0.15) is 32.6 Å². The molecule has 1 aromatic rings. The molecule has 2 aliphatic rings. The molecule has 3 rings (SSSR count). The lowest BCUT2D eigenvalue weighted by atomic mass is 9.53. The fourth-order valence-electron chi connectivity index (χ4n) is 3.93. The summed E-state index contributed by atoms with van der Waals surface area (Å²) in [5.74, 6) is 0.411. The molecule has 1 saturated carbocycles. The first-order chi connectivity index (χ1) is 11.7. The van der Waals surface area contributed by atoms with E-state index in [0.717, 1.165) is 12.8 Å². The van der Waals surface area contributed by atoms with Crippen LogP contribution in [-0.4, -0.2) is 30.6 Å². The van der Waals surface area contributed by atoms with E-state index < -0.39 is 16.1 Å². The second-order valence-electron chi connectivity index (χ2n) is 6.80. The Bertz CT molecular complexity index is 744. The SMILES string of the molecule is CCC1=C[C@@H]2[C@@H](C1)C[C@]2(CN)CC(=O)O.O=S(=O)(O)c1ccccc1. The molecule has 6 nitrogen and oxygen atoms in total. The highest BCUT2D eigenvalue weighted by Crippen LogP contribution is 2.59. The molecular formula is C18H25NO5S. The van der Waals surface area contributed by atoms with Crippen molar-refractivity contribution in [3.05, 3.63) is 42.0 Å². The first-order valence-corrected chi connectivity index (χ1v) is 9.80. The normalized spacial score (nSPS) is 27.4. The van der Waals surface area contributed by atoms with Crippen molar-refractivity contribution >= 4 is 16.1 Å². The van der Waals surface area contributed by atoms with Crippen molar-refractivity contribution in [3.63, 3.8) is 0 Å². The summed E-state index contributed by atoms with van der Waals surface area (Å²) in [4.78, 5) is 10.8. The van der Waals surface area contributed by atoms with Gasteiger partial charge in [-0.15, -0.1) is 0 Å². The van der Waals surface area contributed by atoms with Gasteiger partial charge in [0.15, 0.2) is 0 Å². The Balaban J connectivity index is 0.000000196. The molecule has 2 aliphatic carbocycles. The number of allylic oxidation sites excluding steroid dienone is 2. The van der Waals surface area contributed by atoms with Gasteiger partial charge < -0.3 is 10.8 Å². The molecule has 7 heteroatoms. The van der Waals surface area contributed by atoms with Crippen LogP contribution in [-0.2, 0) is 14.9 Å². The van der Waals surface area contributed by atoms with Gasteiger partial charge in [-0.05, 0) is 55.2 Å². The Morgan fingerprint density at radius 1 is 1.32 bits per heavy atom. The third-order valence-electron chi connectivity index (χ3n) is 5.23. The molecular weight excluding hydrogens is 342 g/mol. The Morgan fingerprint density at radius 3 is 2.40 bits per heavy atom. The quantitative estimate of drug-likeness (QED) is 0.544. The monoisotopic (exact) mass is 367 g/mol. The maximum atomic E-state index is 10.8. The number of benzene rings is 1. The summed E-state index contributed by atoms with van der Waals surface area (Å²) in [6.07, 6.45) is 5.80. The van der Waals surface area contributed by atoms with Crippen molar-refractivity contribution < 1.29 is 22.9 Å². The molecule has 0 amide bonds. The molecule has 0 spiro atoms. The smallest absolute Gasteiger partial charge is 0.303 e. The largest absolute Gasteiger partial charge is 0.481 e. The van der Waals surface area contributed by atoms with Gasteiger partial charge in [0.05, 0.1) is 11.3 Å². The minimum atomic E-state index is -4.00. The van der Waals surface area contributed by atoms with Crippen LogP contribution in [0.4, 0.5) is 0 Å². The minimum absolute atomic E-state index is 0.0741. The summed E-state index contributed by atoms with van der Waals surface area (Å²) in [5, 5.41) is 8.91. The second kappa shape index (κ2) is 7.68. The number of hydrogen-bond acceptors (Lipinski definition) is 4. The summed E-state index contributed by atoms with van der Waals surface area (Å²) in [6, 6.07) is 7.42. The number of hydrogen-bond donors (Lipinski definition) is 3. The first kappa shape index (κ1) is 19.6. The van der Waals surface area contributed by atoms with Gasteiger partial charge in [0.25, 0.3) is 10.1 Å². The molecule has 3 atom stereocenters. The van der Waals surface area contributed by atoms with E-state index in [0.29, 0.717) is 18.4 Å². The Morgan fingerprint density at radius 2 is 1.96 bits per heavy atom. The zero-order chi connectivity index (χ0) is 18.7. The zero-order valence-corrected chi connectivity index (χ0v) is 15.1. The fourth-order valence-corrected chi connectivity index (χ4v) is 4.43. The van der Waals surface area contributed by atoms with Gasteiger partial charge in [-0.25, -0.2) is 0 Å². The van der Waals surface area contributed by atoms with E-state index in [1.807, 2.05) is 0 Å². The number of fused-ring (bicyclic) bond motifs is 1. The van der Waals surface area contributed by atoms with Crippen molar-refractivity contribution in [2.24, 2.45) is 23.0 Å². The number of rotatable bonds is 5. The summed E-state index contributed by atoms with van der Waals surface area (Å²) in [6.45, 7) is 2.67. The Kier molecular flexibility index (Phi) is 6.03. The summed E-state index contributed by atoms with van der Waals surface area (Å²) in [5.41, 5.74) is 7.13. The third-order valence-corrected chi connectivity index (χ3v) is 6.10. The third kappa shape index (κ3) is 4.48.